The minimum atomic E-state index is -2.23. The van der Waals surface area contributed by atoms with Crippen molar-refractivity contribution in [1.29, 1.82) is 0 Å². The molecule has 0 aromatic carbocycles. The van der Waals surface area contributed by atoms with Gasteiger partial charge in [0.05, 0.1) is 0 Å². The fourth-order valence-corrected chi connectivity index (χ4v) is 20.6. The Morgan fingerprint density at radius 2 is 1.18 bits per heavy atom. The predicted molar refractivity (Wildman–Crippen MR) is 105 cm³/mol. The molecular weight excluding hydrogens is 344 g/mol. The van der Waals surface area contributed by atoms with Gasteiger partial charge in [0.1, 0.15) is 0 Å². The maximum Gasteiger partial charge on any atom is 0.315 e. The van der Waals surface area contributed by atoms with Crippen molar-refractivity contribution in [3.63, 3.8) is 0 Å². The molecule has 22 heavy (non-hydrogen) atoms. The van der Waals surface area contributed by atoms with Gasteiger partial charge >= 0.3 is 17.1 Å². The third kappa shape index (κ3) is 12.2. The van der Waals surface area contributed by atoms with E-state index in [-0.39, 0.29) is 0 Å². The maximum atomic E-state index is 6.60. The average Bonchev–Trinajstić information content (AvgIpc) is 2.16. The van der Waals surface area contributed by atoms with Crippen LogP contribution in [0.5, 0.6) is 0 Å². The molecular formula is C14H38O4Si4. The standard InChI is InChI=1S/C14H38O4Si4/c1-11-15-13-12-14-22(10,17-20(5,6)7)18-21(8,9)16-19(2,3)4/h11-14H2,1-10H3/t22-/m0/s1. The van der Waals surface area contributed by atoms with Crippen molar-refractivity contribution in [3.8, 4) is 0 Å². The lowest BCUT2D eigenvalue weighted by atomic mass is 10.5. The van der Waals surface area contributed by atoms with Crippen LogP contribution in [0.4, 0.5) is 0 Å². The van der Waals surface area contributed by atoms with E-state index in [9.17, 15) is 0 Å². The molecule has 0 heterocycles. The summed E-state index contributed by atoms with van der Waals surface area (Å²) in [6.45, 7) is 23.5. The number of rotatable bonds is 11. The van der Waals surface area contributed by atoms with Gasteiger partial charge in [0.25, 0.3) is 0 Å². The molecule has 1 atom stereocenters. The normalized spacial score (nSPS) is 16.6. The second-order valence-electron chi connectivity index (χ2n) is 8.37. The minimum Gasteiger partial charge on any atom is -0.437 e. The molecule has 134 valence electrons. The van der Waals surface area contributed by atoms with Crippen LogP contribution < -0.4 is 0 Å². The van der Waals surface area contributed by atoms with Crippen LogP contribution in [-0.2, 0) is 17.1 Å². The molecule has 0 aliphatic heterocycles. The highest BCUT2D eigenvalue weighted by Gasteiger charge is 2.44. The first-order chi connectivity index (χ1) is 9.68. The fraction of sp³-hybridized carbons (Fsp3) is 1.00. The van der Waals surface area contributed by atoms with E-state index in [0.717, 1.165) is 25.7 Å². The lowest BCUT2D eigenvalue weighted by molar-refractivity contribution is 0.146. The Balaban J connectivity index is 4.90. The second kappa shape index (κ2) is 8.70. The van der Waals surface area contributed by atoms with Crippen LogP contribution in [0, 0.1) is 0 Å². The van der Waals surface area contributed by atoms with E-state index in [4.69, 9.17) is 17.1 Å². The molecule has 0 spiro atoms. The average molecular weight is 383 g/mol. The molecule has 0 aliphatic carbocycles. The molecule has 4 nitrogen and oxygen atoms in total. The lowest BCUT2D eigenvalue weighted by Crippen LogP contribution is -2.56. The molecule has 0 aromatic rings. The van der Waals surface area contributed by atoms with Crippen LogP contribution in [0.2, 0.25) is 65.0 Å². The Morgan fingerprint density at radius 3 is 1.59 bits per heavy atom. The largest absolute Gasteiger partial charge is 0.437 e. The van der Waals surface area contributed by atoms with E-state index in [0.29, 0.717) is 0 Å². The lowest BCUT2D eigenvalue weighted by Gasteiger charge is -2.41. The zero-order chi connectivity index (χ0) is 17.7. The van der Waals surface area contributed by atoms with Gasteiger partial charge in [-0.3, -0.25) is 0 Å². The van der Waals surface area contributed by atoms with Crippen molar-refractivity contribution >= 4 is 33.8 Å². The summed E-state index contributed by atoms with van der Waals surface area (Å²) in [6.07, 6.45) is 0.998. The van der Waals surface area contributed by atoms with E-state index in [1.807, 2.05) is 6.92 Å². The van der Waals surface area contributed by atoms with Crippen LogP contribution >= 0.6 is 0 Å². The van der Waals surface area contributed by atoms with E-state index in [1.54, 1.807) is 0 Å². The summed E-state index contributed by atoms with van der Waals surface area (Å²) in [4.78, 5) is 0. The molecule has 0 aromatic heterocycles. The Bertz CT molecular complexity index is 326. The number of ether oxygens (including phenoxy) is 1. The minimum absolute atomic E-state index is 0.771. The van der Waals surface area contributed by atoms with Gasteiger partial charge in [0.15, 0.2) is 16.6 Å². The monoisotopic (exact) mass is 382 g/mol. The Labute approximate surface area is 142 Å². The van der Waals surface area contributed by atoms with Gasteiger partial charge in [-0.05, 0) is 78.3 Å². The van der Waals surface area contributed by atoms with Crippen molar-refractivity contribution in [3.05, 3.63) is 0 Å². The zero-order valence-electron chi connectivity index (χ0n) is 16.5. The van der Waals surface area contributed by atoms with Crippen molar-refractivity contribution in [2.24, 2.45) is 0 Å². The Morgan fingerprint density at radius 1 is 0.682 bits per heavy atom. The van der Waals surface area contributed by atoms with Crippen molar-refractivity contribution < 1.29 is 17.1 Å². The van der Waals surface area contributed by atoms with Gasteiger partial charge in [0.2, 0.25) is 0 Å². The summed E-state index contributed by atoms with van der Waals surface area (Å²) in [5.74, 6) is 0. The Kier molecular flexibility index (Phi) is 8.98. The van der Waals surface area contributed by atoms with Crippen molar-refractivity contribution in [1.82, 2.24) is 0 Å². The van der Waals surface area contributed by atoms with Crippen LogP contribution in [0.3, 0.4) is 0 Å². The molecule has 0 saturated carbocycles. The van der Waals surface area contributed by atoms with Gasteiger partial charge in [-0.25, -0.2) is 0 Å². The predicted octanol–water partition coefficient (Wildman–Crippen LogP) is 4.91. The van der Waals surface area contributed by atoms with Gasteiger partial charge in [-0.1, -0.05) is 0 Å². The van der Waals surface area contributed by atoms with Crippen LogP contribution in [0.25, 0.3) is 0 Å². The van der Waals surface area contributed by atoms with Crippen molar-refractivity contribution in [2.45, 2.75) is 78.3 Å². The van der Waals surface area contributed by atoms with Gasteiger partial charge < -0.3 is 17.1 Å². The van der Waals surface area contributed by atoms with Gasteiger partial charge in [0, 0.05) is 13.2 Å². The van der Waals surface area contributed by atoms with Gasteiger partial charge in [-0.15, -0.1) is 0 Å². The highest BCUT2D eigenvalue weighted by atomic mass is 28.5. The SMILES string of the molecule is CCOCCC[Si@@](C)(O[Si](C)(C)C)O[Si](C)(C)O[Si](C)(C)C. The quantitative estimate of drug-likeness (QED) is 0.376. The smallest absolute Gasteiger partial charge is 0.315 e. The molecule has 8 heteroatoms. The van der Waals surface area contributed by atoms with E-state index in [1.165, 1.54) is 0 Å². The molecule has 0 bridgehead atoms. The molecule has 0 rings (SSSR count). The molecule has 0 amide bonds. The highest BCUT2D eigenvalue weighted by molar-refractivity contribution is 6.89. The molecule has 0 fully saturated rings. The summed E-state index contributed by atoms with van der Waals surface area (Å²) in [5.41, 5.74) is 0. The fourth-order valence-electron chi connectivity index (χ4n) is 2.69. The number of hydrogen-bond donors (Lipinski definition) is 0. The van der Waals surface area contributed by atoms with E-state index >= 15 is 0 Å². The first-order valence-corrected chi connectivity index (χ1v) is 20.5. The molecule has 0 radical (unpaired) electrons. The topological polar surface area (TPSA) is 36.9 Å². The number of hydrogen-bond acceptors (Lipinski definition) is 4. The first-order valence-electron chi connectivity index (χ1n) is 8.36. The molecule has 0 unspecified atom stereocenters. The molecule has 0 aliphatic rings. The molecule has 0 N–H and O–H groups in total. The van der Waals surface area contributed by atoms with Crippen LogP contribution in [0.1, 0.15) is 13.3 Å². The van der Waals surface area contributed by atoms with Crippen LogP contribution in [-0.4, -0.2) is 47.0 Å². The van der Waals surface area contributed by atoms with E-state index < -0.39 is 33.8 Å². The highest BCUT2D eigenvalue weighted by Crippen LogP contribution is 2.27. The maximum absolute atomic E-state index is 6.60. The summed E-state index contributed by atoms with van der Waals surface area (Å²) in [7, 11) is -7.64. The van der Waals surface area contributed by atoms with E-state index in [2.05, 4.69) is 58.9 Å². The zero-order valence-corrected chi connectivity index (χ0v) is 20.5. The Hall–Kier alpha value is 0.708. The third-order valence-corrected chi connectivity index (χ3v) is 16.2. The summed E-state index contributed by atoms with van der Waals surface area (Å²) in [5, 5.41) is 0. The second-order valence-corrected chi connectivity index (χ2v) is 24.8. The molecule has 0 saturated heterocycles. The summed E-state index contributed by atoms with van der Waals surface area (Å²) < 4.78 is 25.0. The summed E-state index contributed by atoms with van der Waals surface area (Å²) >= 11 is 0. The van der Waals surface area contributed by atoms with Gasteiger partial charge in [-0.2, -0.15) is 0 Å². The third-order valence-electron chi connectivity index (χ3n) is 2.66. The van der Waals surface area contributed by atoms with Crippen molar-refractivity contribution in [2.75, 3.05) is 13.2 Å². The first kappa shape index (κ1) is 22.7. The van der Waals surface area contributed by atoms with Crippen LogP contribution in [0.15, 0.2) is 0 Å². The summed E-state index contributed by atoms with van der Waals surface area (Å²) in [6, 6.07) is 0.975.